The summed E-state index contributed by atoms with van der Waals surface area (Å²) in [5, 5.41) is 3.78. The number of carbonyl (C=O) groups excluding carboxylic acids is 2. The number of benzene rings is 1. The molecule has 2 aliphatic heterocycles. The minimum absolute atomic E-state index is 0.0610. The monoisotopic (exact) mass is 379 g/mol. The highest BCUT2D eigenvalue weighted by Gasteiger charge is 2.49. The van der Waals surface area contributed by atoms with Crippen molar-refractivity contribution in [3.05, 3.63) is 53.9 Å². The molecule has 1 saturated carbocycles. The molecule has 1 atom stereocenters. The second-order valence-corrected chi connectivity index (χ2v) is 8.54. The van der Waals surface area contributed by atoms with Gasteiger partial charge >= 0.3 is 0 Å². The van der Waals surface area contributed by atoms with Crippen molar-refractivity contribution in [2.45, 2.75) is 44.1 Å². The van der Waals surface area contributed by atoms with E-state index in [1.165, 1.54) is 6.26 Å². The molecule has 0 bridgehead atoms. The predicted octanol–water partition coefficient (Wildman–Crippen LogP) is 3.08. The summed E-state index contributed by atoms with van der Waals surface area (Å²) in [7, 11) is 0. The van der Waals surface area contributed by atoms with E-state index in [0.29, 0.717) is 30.7 Å². The summed E-state index contributed by atoms with van der Waals surface area (Å²) in [6, 6.07) is 12.2. The third-order valence-electron chi connectivity index (χ3n) is 6.68. The zero-order valence-corrected chi connectivity index (χ0v) is 15.9. The number of hydrogen-bond donors (Lipinski definition) is 0. The first-order chi connectivity index (χ1) is 13.7. The molecule has 28 heavy (non-hydrogen) atoms. The smallest absolute Gasteiger partial charge is 0.276 e. The fraction of sp³-hybridized carbons (Fsp3) is 0.500. The summed E-state index contributed by atoms with van der Waals surface area (Å²) >= 11 is 0. The number of hydrogen-bond acceptors (Lipinski definition) is 4. The van der Waals surface area contributed by atoms with Crippen LogP contribution in [0.2, 0.25) is 0 Å². The number of rotatable bonds is 3. The Bertz CT molecular complexity index is 852. The second-order valence-electron chi connectivity index (χ2n) is 8.54. The Hall–Kier alpha value is -2.63. The first-order valence-corrected chi connectivity index (χ1v) is 10.2. The van der Waals surface area contributed by atoms with Gasteiger partial charge in [0.2, 0.25) is 5.91 Å². The topological polar surface area (TPSA) is 66.7 Å². The lowest BCUT2D eigenvalue weighted by molar-refractivity contribution is -0.142. The largest absolute Gasteiger partial charge is 0.364 e. The summed E-state index contributed by atoms with van der Waals surface area (Å²) in [6.45, 7) is 2.26. The molecule has 3 fully saturated rings. The Morgan fingerprint density at radius 3 is 2.50 bits per heavy atom. The van der Waals surface area contributed by atoms with Gasteiger partial charge in [-0.05, 0) is 43.1 Å². The van der Waals surface area contributed by atoms with Gasteiger partial charge in [-0.3, -0.25) is 9.59 Å². The van der Waals surface area contributed by atoms with Gasteiger partial charge in [-0.1, -0.05) is 35.5 Å². The third-order valence-corrected chi connectivity index (χ3v) is 6.68. The number of carbonyl (C=O) groups is 2. The Morgan fingerprint density at radius 2 is 1.86 bits per heavy atom. The SMILES string of the molecule is O=C(c1ccon1)N1CCC2(CC1)C[C@@H](c1ccccc1)C(=O)N(C1CC1)C2. The molecule has 0 radical (unpaired) electrons. The molecule has 3 aliphatic rings. The Kier molecular flexibility index (Phi) is 4.22. The molecule has 5 rings (SSSR count). The normalized spacial score (nSPS) is 24.6. The summed E-state index contributed by atoms with van der Waals surface area (Å²) in [4.78, 5) is 29.8. The lowest BCUT2D eigenvalue weighted by atomic mass is 9.67. The van der Waals surface area contributed by atoms with Gasteiger partial charge in [-0.15, -0.1) is 0 Å². The van der Waals surface area contributed by atoms with E-state index in [2.05, 4.69) is 22.2 Å². The average Bonchev–Trinajstić information content (AvgIpc) is 3.43. The van der Waals surface area contributed by atoms with Gasteiger partial charge in [0, 0.05) is 31.7 Å². The zero-order valence-electron chi connectivity index (χ0n) is 15.9. The van der Waals surface area contributed by atoms with E-state index in [1.54, 1.807) is 6.07 Å². The van der Waals surface area contributed by atoms with Crippen LogP contribution in [0, 0.1) is 5.41 Å². The Balaban J connectivity index is 1.35. The maximum atomic E-state index is 13.2. The lowest BCUT2D eigenvalue weighted by Gasteiger charge is -2.50. The van der Waals surface area contributed by atoms with Gasteiger partial charge in [0.25, 0.3) is 5.91 Å². The first kappa shape index (κ1) is 17.5. The van der Waals surface area contributed by atoms with E-state index in [4.69, 9.17) is 4.52 Å². The van der Waals surface area contributed by atoms with Crippen molar-refractivity contribution in [1.82, 2.24) is 15.0 Å². The Labute approximate surface area is 164 Å². The van der Waals surface area contributed by atoms with Crippen LogP contribution in [0.1, 0.15) is 54.1 Å². The van der Waals surface area contributed by atoms with Crippen molar-refractivity contribution in [3.8, 4) is 0 Å². The van der Waals surface area contributed by atoms with Crippen molar-refractivity contribution in [2.75, 3.05) is 19.6 Å². The van der Waals surface area contributed by atoms with Crippen LogP contribution >= 0.6 is 0 Å². The van der Waals surface area contributed by atoms with Crippen molar-refractivity contribution < 1.29 is 14.1 Å². The van der Waals surface area contributed by atoms with Crippen molar-refractivity contribution in [2.24, 2.45) is 5.41 Å². The minimum Gasteiger partial charge on any atom is -0.364 e. The van der Waals surface area contributed by atoms with E-state index in [0.717, 1.165) is 44.2 Å². The van der Waals surface area contributed by atoms with Gasteiger partial charge in [0.15, 0.2) is 5.69 Å². The highest BCUT2D eigenvalue weighted by Crippen LogP contribution is 2.48. The molecule has 6 heteroatoms. The highest BCUT2D eigenvalue weighted by atomic mass is 16.5. The molecule has 2 aromatic rings. The predicted molar refractivity (Wildman–Crippen MR) is 103 cm³/mol. The molecule has 6 nitrogen and oxygen atoms in total. The van der Waals surface area contributed by atoms with Gasteiger partial charge in [-0.2, -0.15) is 0 Å². The van der Waals surface area contributed by atoms with Crippen molar-refractivity contribution >= 4 is 11.8 Å². The van der Waals surface area contributed by atoms with Crippen LogP contribution in [-0.2, 0) is 4.79 Å². The van der Waals surface area contributed by atoms with Crippen LogP contribution < -0.4 is 0 Å². The molecule has 1 spiro atoms. The first-order valence-electron chi connectivity index (χ1n) is 10.2. The molecule has 1 aliphatic carbocycles. The third kappa shape index (κ3) is 3.11. The molecule has 2 saturated heterocycles. The van der Waals surface area contributed by atoms with E-state index in [9.17, 15) is 9.59 Å². The summed E-state index contributed by atoms with van der Waals surface area (Å²) in [5.41, 5.74) is 1.59. The molecule has 3 heterocycles. The van der Waals surface area contributed by atoms with Crippen LogP contribution in [0.3, 0.4) is 0 Å². The van der Waals surface area contributed by atoms with Crippen molar-refractivity contribution in [3.63, 3.8) is 0 Å². The number of aromatic nitrogens is 1. The summed E-state index contributed by atoms with van der Waals surface area (Å²) < 4.78 is 4.82. The zero-order chi connectivity index (χ0) is 19.1. The standard InChI is InChI=1S/C22H25N3O3/c26-20-18(16-4-2-1-3-5-16)14-22(15-25(20)17-6-7-17)9-11-24(12-10-22)21(27)19-8-13-28-23-19/h1-5,8,13,17-18H,6-7,9-12,14-15H2/t18-/m0/s1. The summed E-state index contributed by atoms with van der Waals surface area (Å²) in [5.74, 6) is 0.169. The van der Waals surface area contributed by atoms with E-state index < -0.39 is 0 Å². The van der Waals surface area contributed by atoms with Crippen LogP contribution in [0.4, 0.5) is 0 Å². The van der Waals surface area contributed by atoms with Gasteiger partial charge in [0.05, 0.1) is 5.92 Å². The molecule has 0 N–H and O–H groups in total. The molecule has 2 amide bonds. The molecular weight excluding hydrogens is 354 g/mol. The van der Waals surface area contributed by atoms with Gasteiger partial charge in [0.1, 0.15) is 6.26 Å². The quantitative estimate of drug-likeness (QED) is 0.822. The lowest BCUT2D eigenvalue weighted by Crippen LogP contribution is -2.55. The number of piperidine rings is 2. The van der Waals surface area contributed by atoms with E-state index in [1.807, 2.05) is 23.1 Å². The molecule has 146 valence electrons. The van der Waals surface area contributed by atoms with Crippen LogP contribution in [-0.4, -0.2) is 52.4 Å². The van der Waals surface area contributed by atoms with E-state index in [-0.39, 0.29) is 17.2 Å². The number of likely N-dealkylation sites (tertiary alicyclic amines) is 2. The molecule has 0 unspecified atom stereocenters. The van der Waals surface area contributed by atoms with E-state index >= 15 is 0 Å². The van der Waals surface area contributed by atoms with Crippen LogP contribution in [0.15, 0.2) is 47.2 Å². The second kappa shape index (κ2) is 6.76. The van der Waals surface area contributed by atoms with Gasteiger partial charge < -0.3 is 14.3 Å². The molecular formula is C22H25N3O3. The van der Waals surface area contributed by atoms with Gasteiger partial charge in [-0.25, -0.2) is 0 Å². The maximum absolute atomic E-state index is 13.2. The minimum atomic E-state index is -0.0617. The number of nitrogens with zero attached hydrogens (tertiary/aromatic N) is 3. The summed E-state index contributed by atoms with van der Waals surface area (Å²) in [6.07, 6.45) is 6.42. The van der Waals surface area contributed by atoms with Crippen LogP contribution in [0.25, 0.3) is 0 Å². The Morgan fingerprint density at radius 1 is 1.11 bits per heavy atom. The van der Waals surface area contributed by atoms with Crippen LogP contribution in [0.5, 0.6) is 0 Å². The fourth-order valence-corrected chi connectivity index (χ4v) is 4.90. The molecule has 1 aromatic carbocycles. The van der Waals surface area contributed by atoms with Crippen molar-refractivity contribution in [1.29, 1.82) is 0 Å². The fourth-order valence-electron chi connectivity index (χ4n) is 4.90. The average molecular weight is 379 g/mol. The maximum Gasteiger partial charge on any atom is 0.276 e. The number of amides is 2. The molecule has 1 aromatic heterocycles. The highest BCUT2D eigenvalue weighted by molar-refractivity contribution is 5.92.